The van der Waals surface area contributed by atoms with E-state index in [0.717, 1.165) is 4.90 Å². The highest BCUT2D eigenvalue weighted by Gasteiger charge is 2.07. The number of amidine groups is 1. The van der Waals surface area contributed by atoms with Gasteiger partial charge in [-0.2, -0.15) is 0 Å². The van der Waals surface area contributed by atoms with Crippen molar-refractivity contribution >= 4 is 40.8 Å². The van der Waals surface area contributed by atoms with Gasteiger partial charge in [0, 0.05) is 16.6 Å². The van der Waals surface area contributed by atoms with Gasteiger partial charge in [0.25, 0.3) is 0 Å². The second kappa shape index (κ2) is 5.64. The molecule has 0 bridgehead atoms. The van der Waals surface area contributed by atoms with Gasteiger partial charge in [-0.1, -0.05) is 30.1 Å². The summed E-state index contributed by atoms with van der Waals surface area (Å²) in [6.45, 7) is 2.02. The quantitative estimate of drug-likeness (QED) is 0.493. The maximum absolute atomic E-state index is 7.18. The van der Waals surface area contributed by atoms with Crippen LogP contribution in [0.2, 0.25) is 10.0 Å². The molecule has 3 N–H and O–H groups in total. The van der Waals surface area contributed by atoms with Crippen LogP contribution in [0.15, 0.2) is 23.1 Å². The molecule has 1 atom stereocenters. The highest BCUT2D eigenvalue weighted by molar-refractivity contribution is 8.00. The molecule has 0 radical (unpaired) electrons. The first-order valence-electron chi connectivity index (χ1n) is 4.43. The molecule has 0 aliphatic rings. The molecule has 1 rings (SSSR count). The number of hydrogen-bond donors (Lipinski definition) is 2. The fraction of sp³-hybridized carbons (Fsp3) is 0.300. The Labute approximate surface area is 104 Å². The van der Waals surface area contributed by atoms with Gasteiger partial charge < -0.3 is 5.73 Å². The van der Waals surface area contributed by atoms with Crippen LogP contribution in [0.3, 0.4) is 0 Å². The summed E-state index contributed by atoms with van der Waals surface area (Å²) in [7, 11) is 0. The predicted octanol–water partition coefficient (Wildman–Crippen LogP) is 3.80. The molecule has 15 heavy (non-hydrogen) atoms. The summed E-state index contributed by atoms with van der Waals surface area (Å²) < 4.78 is 0. The average molecular weight is 263 g/mol. The Kier molecular flexibility index (Phi) is 4.77. The predicted molar refractivity (Wildman–Crippen MR) is 68.3 cm³/mol. The van der Waals surface area contributed by atoms with Crippen LogP contribution in [0.25, 0.3) is 0 Å². The fourth-order valence-electron chi connectivity index (χ4n) is 1.13. The summed E-state index contributed by atoms with van der Waals surface area (Å²) in [6, 6.07) is 5.51. The number of benzene rings is 1. The average Bonchev–Trinajstić information content (AvgIpc) is 2.10. The zero-order valence-electron chi connectivity index (χ0n) is 8.26. The lowest BCUT2D eigenvalue weighted by molar-refractivity contribution is 0.996. The molecule has 2 nitrogen and oxygen atoms in total. The minimum atomic E-state index is 0.204. The van der Waals surface area contributed by atoms with Crippen molar-refractivity contribution in [2.45, 2.75) is 23.5 Å². The summed E-state index contributed by atoms with van der Waals surface area (Å²) >= 11 is 13.3. The SMILES string of the molecule is CC(CC(=N)N)Sc1ccc(Cl)c(Cl)c1. The number of nitrogens with two attached hydrogens (primary N) is 1. The Morgan fingerprint density at radius 2 is 2.13 bits per heavy atom. The van der Waals surface area contributed by atoms with E-state index in [-0.39, 0.29) is 11.1 Å². The molecule has 0 aliphatic carbocycles. The molecule has 0 fully saturated rings. The fourth-order valence-corrected chi connectivity index (χ4v) is 2.56. The first-order chi connectivity index (χ1) is 6.99. The van der Waals surface area contributed by atoms with Crippen LogP contribution in [-0.4, -0.2) is 11.1 Å². The molecule has 82 valence electrons. The molecule has 1 aromatic rings. The van der Waals surface area contributed by atoms with Crippen molar-refractivity contribution in [2.75, 3.05) is 0 Å². The van der Waals surface area contributed by atoms with Crippen molar-refractivity contribution in [2.24, 2.45) is 5.73 Å². The third kappa shape index (κ3) is 4.33. The molecule has 5 heteroatoms. The van der Waals surface area contributed by atoms with Crippen LogP contribution in [0, 0.1) is 5.41 Å². The second-order valence-electron chi connectivity index (χ2n) is 3.23. The summed E-state index contributed by atoms with van der Waals surface area (Å²) in [4.78, 5) is 1.04. The standard InChI is InChI=1S/C10H12Cl2N2S/c1-6(4-10(13)14)15-7-2-3-8(11)9(12)5-7/h2-3,5-6H,4H2,1H3,(H3,13,14). The smallest absolute Gasteiger partial charge is 0.0916 e. The van der Waals surface area contributed by atoms with Gasteiger partial charge >= 0.3 is 0 Å². The van der Waals surface area contributed by atoms with Crippen LogP contribution in [0.4, 0.5) is 0 Å². The molecule has 0 saturated heterocycles. The number of nitrogens with one attached hydrogen (secondary N) is 1. The first kappa shape index (κ1) is 12.7. The number of halogens is 2. The lowest BCUT2D eigenvalue weighted by Crippen LogP contribution is -2.14. The van der Waals surface area contributed by atoms with Gasteiger partial charge in [0.15, 0.2) is 0 Å². The highest BCUT2D eigenvalue weighted by Crippen LogP contribution is 2.30. The van der Waals surface area contributed by atoms with E-state index in [1.807, 2.05) is 19.1 Å². The molecule has 0 heterocycles. The van der Waals surface area contributed by atoms with E-state index in [4.69, 9.17) is 34.3 Å². The largest absolute Gasteiger partial charge is 0.388 e. The molecule has 0 amide bonds. The van der Waals surface area contributed by atoms with Gasteiger partial charge in [0.05, 0.1) is 15.9 Å². The van der Waals surface area contributed by atoms with E-state index in [1.165, 1.54) is 0 Å². The number of rotatable bonds is 4. The lowest BCUT2D eigenvalue weighted by atomic mass is 10.3. The molecule has 1 aromatic carbocycles. The summed E-state index contributed by atoms with van der Waals surface area (Å²) in [5.41, 5.74) is 5.32. The van der Waals surface area contributed by atoms with Crippen molar-refractivity contribution < 1.29 is 0 Å². The zero-order valence-corrected chi connectivity index (χ0v) is 10.6. The minimum absolute atomic E-state index is 0.204. The number of thioether (sulfide) groups is 1. The normalized spacial score (nSPS) is 12.5. The monoisotopic (exact) mass is 262 g/mol. The Balaban J connectivity index is 2.64. The maximum Gasteiger partial charge on any atom is 0.0916 e. The lowest BCUT2D eigenvalue weighted by Gasteiger charge is -2.10. The summed E-state index contributed by atoms with van der Waals surface area (Å²) in [5.74, 6) is 0.204. The first-order valence-corrected chi connectivity index (χ1v) is 6.07. The van der Waals surface area contributed by atoms with Crippen molar-refractivity contribution in [3.8, 4) is 0 Å². The molecular formula is C10H12Cl2N2S. The van der Waals surface area contributed by atoms with Gasteiger partial charge in [-0.25, -0.2) is 0 Å². The van der Waals surface area contributed by atoms with E-state index < -0.39 is 0 Å². The topological polar surface area (TPSA) is 49.9 Å². The highest BCUT2D eigenvalue weighted by atomic mass is 35.5. The van der Waals surface area contributed by atoms with Crippen LogP contribution in [0.5, 0.6) is 0 Å². The van der Waals surface area contributed by atoms with E-state index >= 15 is 0 Å². The van der Waals surface area contributed by atoms with Crippen molar-refractivity contribution in [1.29, 1.82) is 5.41 Å². The van der Waals surface area contributed by atoms with Gasteiger partial charge in [-0.3, -0.25) is 5.41 Å². The van der Waals surface area contributed by atoms with E-state index in [0.29, 0.717) is 16.5 Å². The Morgan fingerprint density at radius 3 is 2.67 bits per heavy atom. The Morgan fingerprint density at radius 1 is 1.47 bits per heavy atom. The third-order valence-corrected chi connectivity index (χ3v) is 3.57. The van der Waals surface area contributed by atoms with Crippen molar-refractivity contribution in [3.63, 3.8) is 0 Å². The van der Waals surface area contributed by atoms with Crippen molar-refractivity contribution in [1.82, 2.24) is 0 Å². The Hall–Kier alpha value is -0.380. The van der Waals surface area contributed by atoms with E-state index in [9.17, 15) is 0 Å². The molecule has 0 spiro atoms. The molecule has 0 aliphatic heterocycles. The molecule has 0 aromatic heterocycles. The van der Waals surface area contributed by atoms with Crippen molar-refractivity contribution in [3.05, 3.63) is 28.2 Å². The zero-order chi connectivity index (χ0) is 11.4. The van der Waals surface area contributed by atoms with Gasteiger partial charge in [0.2, 0.25) is 0 Å². The Bertz CT molecular complexity index is 368. The van der Waals surface area contributed by atoms with Crippen LogP contribution < -0.4 is 5.73 Å². The molecule has 0 saturated carbocycles. The van der Waals surface area contributed by atoms with Gasteiger partial charge in [0.1, 0.15) is 0 Å². The summed E-state index contributed by atoms with van der Waals surface area (Å²) in [5, 5.41) is 8.56. The number of hydrogen-bond acceptors (Lipinski definition) is 2. The molecular weight excluding hydrogens is 251 g/mol. The van der Waals surface area contributed by atoms with E-state index in [2.05, 4.69) is 0 Å². The molecule has 1 unspecified atom stereocenters. The van der Waals surface area contributed by atoms with E-state index in [1.54, 1.807) is 17.8 Å². The van der Waals surface area contributed by atoms with Crippen LogP contribution in [0.1, 0.15) is 13.3 Å². The third-order valence-electron chi connectivity index (χ3n) is 1.74. The van der Waals surface area contributed by atoms with Crippen LogP contribution >= 0.6 is 35.0 Å². The van der Waals surface area contributed by atoms with Gasteiger partial charge in [-0.05, 0) is 18.2 Å². The summed E-state index contributed by atoms with van der Waals surface area (Å²) in [6.07, 6.45) is 0.574. The maximum atomic E-state index is 7.18. The van der Waals surface area contributed by atoms with Crippen LogP contribution in [-0.2, 0) is 0 Å². The second-order valence-corrected chi connectivity index (χ2v) is 5.56. The van der Waals surface area contributed by atoms with Gasteiger partial charge in [-0.15, -0.1) is 11.8 Å². The minimum Gasteiger partial charge on any atom is -0.388 e.